The minimum absolute atomic E-state index is 0.402. The minimum Gasteiger partial charge on any atom is -0.338 e. The first-order valence-electron chi connectivity index (χ1n) is 7.90. The van der Waals surface area contributed by atoms with Crippen LogP contribution in [-0.2, 0) is 13.0 Å². The van der Waals surface area contributed by atoms with E-state index in [4.69, 9.17) is 4.52 Å². The molecule has 1 atom stereocenters. The molecule has 4 nitrogen and oxygen atoms in total. The number of rotatable bonds is 3. The van der Waals surface area contributed by atoms with Gasteiger partial charge in [0.25, 0.3) is 0 Å². The normalized spacial score (nSPS) is 18.1. The Bertz CT molecular complexity index is 823. The molecule has 1 aliphatic heterocycles. The van der Waals surface area contributed by atoms with Crippen molar-refractivity contribution in [1.82, 2.24) is 15.0 Å². The molecule has 2 aromatic heterocycles. The van der Waals surface area contributed by atoms with Gasteiger partial charge < -0.3 is 4.52 Å². The van der Waals surface area contributed by atoms with E-state index < -0.39 is 0 Å². The van der Waals surface area contributed by atoms with Crippen LogP contribution in [0.3, 0.4) is 0 Å². The summed E-state index contributed by atoms with van der Waals surface area (Å²) < 4.78 is 5.48. The molecular formula is C18H19N3OS. The molecule has 0 saturated heterocycles. The lowest BCUT2D eigenvalue weighted by atomic mass is 10.0. The summed E-state index contributed by atoms with van der Waals surface area (Å²) in [6.45, 7) is 6.06. The maximum absolute atomic E-state index is 5.48. The predicted molar refractivity (Wildman–Crippen MR) is 91.3 cm³/mol. The van der Waals surface area contributed by atoms with Crippen LogP contribution in [-0.4, -0.2) is 21.6 Å². The summed E-state index contributed by atoms with van der Waals surface area (Å²) in [7, 11) is 0. The highest BCUT2D eigenvalue weighted by atomic mass is 32.1. The number of nitrogens with zero attached hydrogens (tertiary/aromatic N) is 3. The van der Waals surface area contributed by atoms with E-state index in [1.54, 1.807) is 0 Å². The molecule has 3 heterocycles. The van der Waals surface area contributed by atoms with E-state index in [9.17, 15) is 0 Å². The molecule has 23 heavy (non-hydrogen) atoms. The average molecular weight is 325 g/mol. The van der Waals surface area contributed by atoms with Crippen LogP contribution in [0, 0.1) is 6.92 Å². The molecule has 1 aliphatic rings. The maximum atomic E-state index is 5.48. The van der Waals surface area contributed by atoms with Gasteiger partial charge in [-0.1, -0.05) is 28.9 Å². The molecule has 0 aliphatic carbocycles. The molecule has 0 spiro atoms. The third-order valence-corrected chi connectivity index (χ3v) is 5.48. The van der Waals surface area contributed by atoms with Crippen LogP contribution in [0.15, 0.2) is 40.2 Å². The van der Waals surface area contributed by atoms with Crippen molar-refractivity contribution in [3.63, 3.8) is 0 Å². The van der Waals surface area contributed by atoms with Gasteiger partial charge in [0.15, 0.2) is 0 Å². The van der Waals surface area contributed by atoms with Crippen LogP contribution in [0.5, 0.6) is 0 Å². The first kappa shape index (κ1) is 14.6. The SMILES string of the molecule is Cc1cccc(-c2noc(CN3CCc4sccc4[C@H]3C)n2)c1. The highest BCUT2D eigenvalue weighted by molar-refractivity contribution is 7.10. The van der Waals surface area contributed by atoms with E-state index in [1.165, 1.54) is 16.0 Å². The Morgan fingerprint density at radius 2 is 2.26 bits per heavy atom. The van der Waals surface area contributed by atoms with E-state index in [2.05, 4.69) is 52.5 Å². The van der Waals surface area contributed by atoms with Crippen molar-refractivity contribution in [1.29, 1.82) is 0 Å². The van der Waals surface area contributed by atoms with Gasteiger partial charge in [0.1, 0.15) is 0 Å². The Morgan fingerprint density at radius 3 is 3.13 bits per heavy atom. The Balaban J connectivity index is 1.52. The number of aryl methyl sites for hydroxylation is 1. The summed E-state index contributed by atoms with van der Waals surface area (Å²) >= 11 is 1.86. The molecule has 1 aromatic carbocycles. The number of hydrogen-bond acceptors (Lipinski definition) is 5. The van der Waals surface area contributed by atoms with Crippen LogP contribution in [0.1, 0.15) is 34.9 Å². The van der Waals surface area contributed by atoms with Crippen LogP contribution < -0.4 is 0 Å². The van der Waals surface area contributed by atoms with Gasteiger partial charge in [-0.15, -0.1) is 11.3 Å². The fraction of sp³-hybridized carbons (Fsp3) is 0.333. The maximum Gasteiger partial charge on any atom is 0.241 e. The Hall–Kier alpha value is -1.98. The fourth-order valence-corrected chi connectivity index (χ4v) is 4.13. The molecule has 5 heteroatoms. The van der Waals surface area contributed by atoms with Gasteiger partial charge in [0.05, 0.1) is 6.54 Å². The first-order chi connectivity index (χ1) is 11.2. The van der Waals surface area contributed by atoms with E-state index in [1.807, 2.05) is 23.5 Å². The quantitative estimate of drug-likeness (QED) is 0.723. The Kier molecular flexibility index (Phi) is 3.75. The van der Waals surface area contributed by atoms with Crippen molar-refractivity contribution in [2.75, 3.05) is 6.54 Å². The molecule has 0 fully saturated rings. The van der Waals surface area contributed by atoms with Crippen molar-refractivity contribution in [2.45, 2.75) is 32.9 Å². The highest BCUT2D eigenvalue weighted by Gasteiger charge is 2.26. The van der Waals surface area contributed by atoms with E-state index in [0.717, 1.165) is 18.5 Å². The standard InChI is InChI=1S/C18H19N3OS/c1-12-4-3-5-14(10-12)18-19-17(22-20-18)11-21-8-6-16-15(13(21)2)7-9-23-16/h3-5,7,9-10,13H,6,8,11H2,1-2H3/t13-/m1/s1. The van der Waals surface area contributed by atoms with E-state index >= 15 is 0 Å². The number of fused-ring (bicyclic) bond motifs is 1. The molecule has 0 amide bonds. The second-order valence-corrected chi connectivity index (χ2v) is 7.08. The third-order valence-electron chi connectivity index (χ3n) is 4.49. The Morgan fingerprint density at radius 1 is 1.35 bits per heavy atom. The minimum atomic E-state index is 0.402. The second kappa shape index (κ2) is 5.91. The van der Waals surface area contributed by atoms with Crippen molar-refractivity contribution in [3.8, 4) is 11.4 Å². The van der Waals surface area contributed by atoms with Gasteiger partial charge >= 0.3 is 0 Å². The van der Waals surface area contributed by atoms with Gasteiger partial charge in [-0.3, -0.25) is 4.90 Å². The fourth-order valence-electron chi connectivity index (χ4n) is 3.17. The largest absolute Gasteiger partial charge is 0.338 e. The van der Waals surface area contributed by atoms with Gasteiger partial charge in [-0.25, -0.2) is 0 Å². The summed E-state index contributed by atoms with van der Waals surface area (Å²) in [5, 5.41) is 6.33. The lowest BCUT2D eigenvalue weighted by Gasteiger charge is -2.32. The third kappa shape index (κ3) is 2.82. The van der Waals surface area contributed by atoms with Gasteiger partial charge in [-0.05, 0) is 43.3 Å². The molecule has 3 aromatic rings. The number of benzene rings is 1. The molecule has 118 valence electrons. The molecule has 0 bridgehead atoms. The number of aromatic nitrogens is 2. The zero-order chi connectivity index (χ0) is 15.8. The zero-order valence-electron chi connectivity index (χ0n) is 13.3. The zero-order valence-corrected chi connectivity index (χ0v) is 14.1. The molecule has 0 radical (unpaired) electrons. The van der Waals surface area contributed by atoms with Crippen molar-refractivity contribution >= 4 is 11.3 Å². The van der Waals surface area contributed by atoms with Gasteiger partial charge in [0.2, 0.25) is 11.7 Å². The highest BCUT2D eigenvalue weighted by Crippen LogP contribution is 2.33. The Labute approximate surface area is 139 Å². The monoisotopic (exact) mass is 325 g/mol. The predicted octanol–water partition coefficient (Wildman–Crippen LogP) is 4.23. The van der Waals surface area contributed by atoms with Crippen LogP contribution in [0.2, 0.25) is 0 Å². The van der Waals surface area contributed by atoms with Gasteiger partial charge in [-0.2, -0.15) is 4.98 Å². The number of hydrogen-bond donors (Lipinski definition) is 0. The van der Waals surface area contributed by atoms with E-state index in [-0.39, 0.29) is 0 Å². The summed E-state index contributed by atoms with van der Waals surface area (Å²) in [5.74, 6) is 1.36. The molecule has 0 unspecified atom stereocenters. The molecule has 0 saturated carbocycles. The van der Waals surface area contributed by atoms with E-state index in [0.29, 0.717) is 24.3 Å². The van der Waals surface area contributed by atoms with Crippen LogP contribution in [0.4, 0.5) is 0 Å². The number of thiophene rings is 1. The van der Waals surface area contributed by atoms with Crippen LogP contribution >= 0.6 is 11.3 Å². The van der Waals surface area contributed by atoms with Crippen LogP contribution in [0.25, 0.3) is 11.4 Å². The van der Waals surface area contributed by atoms with Gasteiger partial charge in [0, 0.05) is 23.0 Å². The summed E-state index contributed by atoms with van der Waals surface area (Å²) in [4.78, 5) is 8.50. The lowest BCUT2D eigenvalue weighted by Crippen LogP contribution is -2.32. The topological polar surface area (TPSA) is 42.2 Å². The molecular weight excluding hydrogens is 306 g/mol. The lowest BCUT2D eigenvalue weighted by molar-refractivity contribution is 0.167. The smallest absolute Gasteiger partial charge is 0.241 e. The molecule has 0 N–H and O–H groups in total. The second-order valence-electron chi connectivity index (χ2n) is 6.08. The summed E-state index contributed by atoms with van der Waals surface area (Å²) in [5.41, 5.74) is 3.65. The average Bonchev–Trinajstić information content (AvgIpc) is 3.20. The first-order valence-corrected chi connectivity index (χ1v) is 8.78. The van der Waals surface area contributed by atoms with Crippen molar-refractivity contribution < 1.29 is 4.52 Å². The van der Waals surface area contributed by atoms with Crippen molar-refractivity contribution in [2.24, 2.45) is 0 Å². The molecule has 4 rings (SSSR count). The van der Waals surface area contributed by atoms with Crippen molar-refractivity contribution in [3.05, 3.63) is 57.6 Å². The summed E-state index contributed by atoms with van der Waals surface area (Å²) in [6.07, 6.45) is 1.11. The summed E-state index contributed by atoms with van der Waals surface area (Å²) in [6, 6.07) is 10.8.